The summed E-state index contributed by atoms with van der Waals surface area (Å²) in [5.41, 5.74) is 2.91. The number of fused-ring (bicyclic) bond motifs is 1. The Hall–Kier alpha value is -2.46. The van der Waals surface area contributed by atoms with Crippen LogP contribution in [0.1, 0.15) is 47.7 Å². The maximum absolute atomic E-state index is 12.3. The van der Waals surface area contributed by atoms with Gasteiger partial charge in [-0.1, -0.05) is 19.4 Å². The average molecular weight is 441 g/mol. The largest absolute Gasteiger partial charge is 0.480 e. The highest BCUT2D eigenvalue weighted by atomic mass is 32.2. The first kappa shape index (κ1) is 23.8. The Bertz CT molecular complexity index is 885. The summed E-state index contributed by atoms with van der Waals surface area (Å²) in [5.74, 6) is -2.52. The molecule has 0 radical (unpaired) electrons. The molecule has 9 nitrogen and oxygen atoms in total. The highest BCUT2D eigenvalue weighted by Crippen LogP contribution is 2.13. The quantitative estimate of drug-likeness (QED) is 0.355. The Morgan fingerprint density at radius 2 is 1.97 bits per heavy atom. The van der Waals surface area contributed by atoms with Crippen molar-refractivity contribution in [3.05, 3.63) is 34.9 Å². The first-order chi connectivity index (χ1) is 14.2. The van der Waals surface area contributed by atoms with Crippen LogP contribution in [0.4, 0.5) is 0 Å². The van der Waals surface area contributed by atoms with E-state index in [-0.39, 0.29) is 24.6 Å². The molecule has 0 saturated carbocycles. The number of carbonyl (C=O) groups excluding carboxylic acids is 2. The molecule has 0 saturated heterocycles. The molecule has 5 N–H and O–H groups in total. The predicted octanol–water partition coefficient (Wildman–Crippen LogP) is -0.790. The van der Waals surface area contributed by atoms with E-state index in [0.29, 0.717) is 18.4 Å². The predicted molar refractivity (Wildman–Crippen MR) is 111 cm³/mol. The van der Waals surface area contributed by atoms with Crippen LogP contribution < -0.4 is 16.0 Å². The molecule has 1 heterocycles. The summed E-state index contributed by atoms with van der Waals surface area (Å²) in [7, 11) is -3.84. The fraction of sp³-hybridized carbons (Fsp3) is 0.550. The molecular weight excluding hydrogens is 410 g/mol. The maximum Gasteiger partial charge on any atom is 0.323 e. The van der Waals surface area contributed by atoms with Crippen molar-refractivity contribution >= 4 is 27.6 Å². The summed E-state index contributed by atoms with van der Waals surface area (Å²) in [6, 6.07) is 5.58. The van der Waals surface area contributed by atoms with E-state index in [4.69, 9.17) is 0 Å². The van der Waals surface area contributed by atoms with Crippen molar-refractivity contribution in [3.8, 4) is 0 Å². The normalized spacial score (nSPS) is 14.4. The van der Waals surface area contributed by atoms with Crippen molar-refractivity contribution in [2.45, 2.75) is 44.4 Å². The van der Waals surface area contributed by atoms with E-state index in [1.165, 1.54) is 5.56 Å². The summed E-state index contributed by atoms with van der Waals surface area (Å²) in [5, 5.41) is 14.7. The lowest BCUT2D eigenvalue weighted by atomic mass is 9.98. The molecule has 0 unspecified atom stereocenters. The summed E-state index contributed by atoms with van der Waals surface area (Å²) >= 11 is 0. The van der Waals surface area contributed by atoms with Crippen molar-refractivity contribution in [1.82, 2.24) is 10.6 Å². The van der Waals surface area contributed by atoms with E-state index in [1.54, 1.807) is 6.07 Å². The van der Waals surface area contributed by atoms with Gasteiger partial charge in [0.2, 0.25) is 5.91 Å². The highest BCUT2D eigenvalue weighted by molar-refractivity contribution is 7.92. The first-order valence-corrected chi connectivity index (χ1v) is 11.9. The van der Waals surface area contributed by atoms with Gasteiger partial charge in [-0.25, -0.2) is 8.42 Å². The number of hydrogen-bond acceptors (Lipinski definition) is 5. The van der Waals surface area contributed by atoms with E-state index < -0.39 is 33.5 Å². The number of carbonyl (C=O) groups is 3. The summed E-state index contributed by atoms with van der Waals surface area (Å²) in [6.45, 7) is 3.26. The second kappa shape index (κ2) is 11.1. The number of sulfone groups is 1. The fourth-order valence-electron chi connectivity index (χ4n) is 3.26. The van der Waals surface area contributed by atoms with Crippen LogP contribution in [-0.4, -0.2) is 61.9 Å². The Balaban J connectivity index is 1.80. The van der Waals surface area contributed by atoms with Gasteiger partial charge in [0.1, 0.15) is 6.54 Å². The van der Waals surface area contributed by atoms with E-state index in [9.17, 15) is 27.9 Å². The zero-order chi connectivity index (χ0) is 22.1. The molecule has 1 aromatic rings. The molecule has 1 aliphatic rings. The Morgan fingerprint density at radius 1 is 1.20 bits per heavy atom. The third kappa shape index (κ3) is 6.81. The van der Waals surface area contributed by atoms with Crippen LogP contribution in [0, 0.1) is 0 Å². The van der Waals surface area contributed by atoms with Gasteiger partial charge >= 0.3 is 5.97 Å². The van der Waals surface area contributed by atoms with Crippen molar-refractivity contribution in [1.29, 1.82) is 0 Å². The standard InChI is InChI=1S/C20H29N3O6S/c1-2-3-10-30(28,29)17(20(26)27)13-23-18(24)7-9-22-19(25)15-5-4-14-6-8-21-12-16(14)11-15/h4-5,11,17,21H,2-3,6-10,12-13H2,1H3,(H,22,25)(H,23,24)(H,26,27)/p+1/t17-/m1/s1. The summed E-state index contributed by atoms with van der Waals surface area (Å²) < 4.78 is 24.2. The Kier molecular flexibility index (Phi) is 8.79. The second-order valence-electron chi connectivity index (χ2n) is 7.37. The zero-order valence-electron chi connectivity index (χ0n) is 17.1. The van der Waals surface area contributed by atoms with Gasteiger partial charge in [-0.2, -0.15) is 0 Å². The van der Waals surface area contributed by atoms with Gasteiger partial charge in [-0.15, -0.1) is 0 Å². The number of rotatable bonds is 11. The van der Waals surface area contributed by atoms with Gasteiger partial charge < -0.3 is 21.1 Å². The number of aliphatic carboxylic acids is 1. The molecule has 2 rings (SSSR count). The molecule has 2 amide bonds. The van der Waals surface area contributed by atoms with Gasteiger partial charge in [0.15, 0.2) is 15.1 Å². The average Bonchev–Trinajstić information content (AvgIpc) is 2.71. The van der Waals surface area contributed by atoms with Gasteiger partial charge in [-0.05, 0) is 24.1 Å². The number of benzene rings is 1. The van der Waals surface area contributed by atoms with Crippen LogP contribution in [-0.2, 0) is 32.4 Å². The van der Waals surface area contributed by atoms with Crippen molar-refractivity contribution in [3.63, 3.8) is 0 Å². The molecule has 0 spiro atoms. The summed E-state index contributed by atoms with van der Waals surface area (Å²) in [4.78, 5) is 35.6. The van der Waals surface area contributed by atoms with Crippen LogP contribution >= 0.6 is 0 Å². The number of nitrogens with one attached hydrogen (secondary N) is 2. The smallest absolute Gasteiger partial charge is 0.323 e. The van der Waals surface area contributed by atoms with E-state index >= 15 is 0 Å². The Morgan fingerprint density at radius 3 is 2.67 bits per heavy atom. The van der Waals surface area contributed by atoms with Crippen LogP contribution in [0.3, 0.4) is 0 Å². The molecule has 1 atom stereocenters. The fourth-order valence-corrected chi connectivity index (χ4v) is 4.88. The number of carboxylic acids is 1. The summed E-state index contributed by atoms with van der Waals surface area (Å²) in [6.07, 6.45) is 1.89. The van der Waals surface area contributed by atoms with Gasteiger partial charge in [0.05, 0.1) is 12.3 Å². The minimum atomic E-state index is -3.84. The van der Waals surface area contributed by atoms with Crippen LogP contribution in [0.5, 0.6) is 0 Å². The third-order valence-electron chi connectivity index (χ3n) is 5.06. The third-order valence-corrected chi connectivity index (χ3v) is 7.16. The monoisotopic (exact) mass is 440 g/mol. The molecule has 10 heteroatoms. The molecule has 1 aliphatic heterocycles. The Labute approximate surface area is 176 Å². The molecule has 0 aliphatic carbocycles. The lowest BCUT2D eigenvalue weighted by Gasteiger charge is -2.15. The van der Waals surface area contributed by atoms with Gasteiger partial charge in [0.25, 0.3) is 5.91 Å². The number of quaternary nitrogens is 1. The molecule has 0 bridgehead atoms. The van der Waals surface area contributed by atoms with E-state index in [1.807, 2.05) is 19.1 Å². The van der Waals surface area contributed by atoms with Gasteiger partial charge in [-0.3, -0.25) is 14.4 Å². The number of unbranched alkanes of at least 4 members (excludes halogenated alkanes) is 1. The first-order valence-electron chi connectivity index (χ1n) is 10.2. The SMILES string of the molecule is CCCCS(=O)(=O)[C@H](CNC(=O)CCNC(=O)c1ccc2c(c1)C[NH2+]CC2)C(=O)O. The molecule has 0 fully saturated rings. The number of carboxylic acid groups (broad SMARTS) is 1. The molecule has 0 aromatic heterocycles. The lowest BCUT2D eigenvalue weighted by molar-refractivity contribution is -0.673. The number of hydrogen-bond donors (Lipinski definition) is 4. The van der Waals surface area contributed by atoms with Crippen molar-refractivity contribution in [2.24, 2.45) is 0 Å². The van der Waals surface area contributed by atoms with Crippen molar-refractivity contribution in [2.75, 3.05) is 25.4 Å². The lowest BCUT2D eigenvalue weighted by Crippen LogP contribution is -2.84. The minimum Gasteiger partial charge on any atom is -0.480 e. The second-order valence-corrected chi connectivity index (χ2v) is 9.68. The molecular formula is C20H30N3O6S+. The molecule has 166 valence electrons. The number of amides is 2. The van der Waals surface area contributed by atoms with Crippen LogP contribution in [0.25, 0.3) is 0 Å². The zero-order valence-corrected chi connectivity index (χ0v) is 18.0. The molecule has 30 heavy (non-hydrogen) atoms. The van der Waals surface area contributed by atoms with Crippen molar-refractivity contribution < 1.29 is 33.2 Å². The number of nitrogens with two attached hydrogens (primary N) is 1. The highest BCUT2D eigenvalue weighted by Gasteiger charge is 2.32. The van der Waals surface area contributed by atoms with E-state index in [2.05, 4.69) is 16.0 Å². The van der Waals surface area contributed by atoms with Crippen LogP contribution in [0.2, 0.25) is 0 Å². The maximum atomic E-state index is 12.3. The minimum absolute atomic E-state index is 0.0637. The topological polar surface area (TPSA) is 146 Å². The van der Waals surface area contributed by atoms with Gasteiger partial charge in [0, 0.05) is 37.1 Å². The van der Waals surface area contributed by atoms with E-state index in [0.717, 1.165) is 25.1 Å². The van der Waals surface area contributed by atoms with Crippen LogP contribution in [0.15, 0.2) is 18.2 Å². The molecule has 1 aromatic carbocycles.